The van der Waals surface area contributed by atoms with Crippen molar-refractivity contribution in [3.63, 3.8) is 0 Å². The lowest BCUT2D eigenvalue weighted by atomic mass is 9.98. The molecule has 0 N–H and O–H groups in total. The van der Waals surface area contributed by atoms with Crippen molar-refractivity contribution in [3.05, 3.63) is 63.7 Å². The van der Waals surface area contributed by atoms with Crippen LogP contribution in [0.4, 0.5) is 11.5 Å². The first kappa shape index (κ1) is 17.7. The summed E-state index contributed by atoms with van der Waals surface area (Å²) in [5, 5.41) is 19.8. The van der Waals surface area contributed by atoms with Crippen molar-refractivity contribution in [2.24, 2.45) is 5.92 Å². The molecule has 1 saturated carbocycles. The van der Waals surface area contributed by atoms with Gasteiger partial charge in [0.15, 0.2) is 5.52 Å². The molecular weight excluding hydrogens is 358 g/mol. The van der Waals surface area contributed by atoms with E-state index in [4.69, 9.17) is 13.1 Å². The van der Waals surface area contributed by atoms with Crippen LogP contribution in [0, 0.1) is 29.2 Å². The van der Waals surface area contributed by atoms with Gasteiger partial charge >= 0.3 is 5.82 Å². The fourth-order valence-electron chi connectivity index (χ4n) is 4.09. The van der Waals surface area contributed by atoms with Crippen molar-refractivity contribution in [1.82, 2.24) is 19.4 Å². The first-order valence-electron chi connectivity index (χ1n) is 9.04. The lowest BCUT2D eigenvalue weighted by Crippen LogP contribution is -2.20. The van der Waals surface area contributed by atoms with E-state index in [0.717, 1.165) is 12.8 Å². The van der Waals surface area contributed by atoms with E-state index in [1.165, 1.54) is 29.6 Å². The molecule has 4 rings (SSSR count). The molecule has 0 spiro atoms. The Morgan fingerprint density at radius 1 is 1.25 bits per heavy atom. The smallest absolute Gasteiger partial charge is 0.348 e. The van der Waals surface area contributed by atoms with Crippen LogP contribution in [0.3, 0.4) is 0 Å². The SMILES string of the molecule is [C-]#[N+]CC(C1CCCC1)n1cc(-c2c([N+]#[C-])cnn3c([N+](=O)[O-])ccc23)cn1. The van der Waals surface area contributed by atoms with Crippen LogP contribution in [-0.4, -0.2) is 30.9 Å². The van der Waals surface area contributed by atoms with Crippen LogP contribution in [0.5, 0.6) is 0 Å². The van der Waals surface area contributed by atoms with Crippen molar-refractivity contribution < 1.29 is 4.92 Å². The summed E-state index contributed by atoms with van der Waals surface area (Å²) in [5.41, 5.74) is 2.06. The summed E-state index contributed by atoms with van der Waals surface area (Å²) in [7, 11) is 0. The second-order valence-electron chi connectivity index (χ2n) is 6.92. The lowest BCUT2D eigenvalue weighted by molar-refractivity contribution is -0.390. The van der Waals surface area contributed by atoms with Crippen LogP contribution in [0.2, 0.25) is 0 Å². The molecule has 9 heteroatoms. The lowest BCUT2D eigenvalue weighted by Gasteiger charge is -2.18. The van der Waals surface area contributed by atoms with Crippen LogP contribution in [-0.2, 0) is 0 Å². The largest absolute Gasteiger partial charge is 0.358 e. The van der Waals surface area contributed by atoms with Gasteiger partial charge in [-0.15, -0.1) is 0 Å². The number of nitro groups is 1. The molecule has 3 aromatic rings. The van der Waals surface area contributed by atoms with Gasteiger partial charge in [0.2, 0.25) is 12.2 Å². The minimum Gasteiger partial charge on any atom is -0.358 e. The average molecular weight is 375 g/mol. The summed E-state index contributed by atoms with van der Waals surface area (Å²) in [4.78, 5) is 17.9. The van der Waals surface area contributed by atoms with E-state index in [1.54, 1.807) is 12.3 Å². The molecule has 1 aliphatic carbocycles. The molecule has 0 saturated heterocycles. The van der Waals surface area contributed by atoms with Gasteiger partial charge in [-0.05, 0) is 29.7 Å². The van der Waals surface area contributed by atoms with E-state index < -0.39 is 4.92 Å². The van der Waals surface area contributed by atoms with Crippen LogP contribution in [0.15, 0.2) is 30.7 Å². The van der Waals surface area contributed by atoms with E-state index in [0.29, 0.717) is 34.8 Å². The van der Waals surface area contributed by atoms with Crippen LogP contribution in [0.1, 0.15) is 31.7 Å². The van der Waals surface area contributed by atoms with Gasteiger partial charge in [0.1, 0.15) is 6.04 Å². The fourth-order valence-corrected chi connectivity index (χ4v) is 4.09. The minimum absolute atomic E-state index is 0.00381. The Balaban J connectivity index is 1.82. The molecule has 140 valence electrons. The van der Waals surface area contributed by atoms with Gasteiger partial charge in [-0.3, -0.25) is 4.68 Å². The molecule has 9 nitrogen and oxygen atoms in total. The molecule has 1 unspecified atom stereocenters. The van der Waals surface area contributed by atoms with Gasteiger partial charge in [0.05, 0.1) is 19.0 Å². The van der Waals surface area contributed by atoms with E-state index in [2.05, 4.69) is 19.9 Å². The predicted octanol–water partition coefficient (Wildman–Crippen LogP) is 4.31. The van der Waals surface area contributed by atoms with Gasteiger partial charge in [0, 0.05) is 23.4 Å². The number of aromatic nitrogens is 4. The van der Waals surface area contributed by atoms with E-state index in [-0.39, 0.29) is 11.9 Å². The third-order valence-corrected chi connectivity index (χ3v) is 5.40. The highest BCUT2D eigenvalue weighted by atomic mass is 16.6. The summed E-state index contributed by atoms with van der Waals surface area (Å²) in [6.45, 7) is 15.1. The highest BCUT2D eigenvalue weighted by Crippen LogP contribution is 2.38. The number of nitrogens with zero attached hydrogens (tertiary/aromatic N) is 7. The van der Waals surface area contributed by atoms with Crippen molar-refractivity contribution in [3.8, 4) is 11.1 Å². The molecule has 0 aromatic carbocycles. The standard InChI is InChI=1S/C19H17N7O2/c1-20-11-17(13-5-3-4-6-13)24-12-14(9-22-24)19-15(21-2)10-23-25-16(19)7-8-18(25)26(27)28/h7-10,12-13,17H,3-6,11H2. The molecule has 0 bridgehead atoms. The summed E-state index contributed by atoms with van der Waals surface area (Å²) < 4.78 is 3.06. The van der Waals surface area contributed by atoms with E-state index >= 15 is 0 Å². The van der Waals surface area contributed by atoms with Gasteiger partial charge in [-0.1, -0.05) is 22.5 Å². The van der Waals surface area contributed by atoms with Crippen molar-refractivity contribution in [2.45, 2.75) is 31.7 Å². The molecule has 1 aliphatic rings. The fraction of sp³-hybridized carbons (Fsp3) is 0.368. The maximum atomic E-state index is 11.2. The maximum Gasteiger partial charge on any atom is 0.348 e. The minimum atomic E-state index is -0.503. The topological polar surface area (TPSA) is 87.0 Å². The van der Waals surface area contributed by atoms with Gasteiger partial charge in [0.25, 0.3) is 0 Å². The molecule has 3 heterocycles. The Morgan fingerprint density at radius 2 is 2.04 bits per heavy atom. The Hall–Kier alpha value is -3.72. The van der Waals surface area contributed by atoms with Crippen LogP contribution in [0.25, 0.3) is 26.3 Å². The van der Waals surface area contributed by atoms with Gasteiger partial charge in [-0.25, -0.2) is 11.4 Å². The summed E-state index contributed by atoms with van der Waals surface area (Å²) >= 11 is 0. The molecule has 1 atom stereocenters. The highest BCUT2D eigenvalue weighted by molar-refractivity contribution is 5.90. The number of rotatable bonds is 5. The third kappa shape index (κ3) is 2.87. The van der Waals surface area contributed by atoms with E-state index in [9.17, 15) is 10.1 Å². The number of fused-ring (bicyclic) bond motifs is 1. The van der Waals surface area contributed by atoms with E-state index in [1.807, 2.05) is 10.9 Å². The summed E-state index contributed by atoms with van der Waals surface area (Å²) in [6, 6.07) is 2.98. The Kier molecular flexibility index (Phi) is 4.50. The Morgan fingerprint density at radius 3 is 2.71 bits per heavy atom. The summed E-state index contributed by atoms with van der Waals surface area (Å²) in [6.07, 6.45) is 9.38. The van der Waals surface area contributed by atoms with Gasteiger partial charge in [-0.2, -0.15) is 5.10 Å². The maximum absolute atomic E-state index is 11.2. The average Bonchev–Trinajstić information content (AvgIpc) is 3.45. The molecule has 0 radical (unpaired) electrons. The van der Waals surface area contributed by atoms with Gasteiger partial charge < -0.3 is 15.0 Å². The van der Waals surface area contributed by atoms with Crippen molar-refractivity contribution in [1.29, 1.82) is 0 Å². The molecule has 1 fully saturated rings. The number of hydrogen-bond donors (Lipinski definition) is 0. The van der Waals surface area contributed by atoms with Crippen molar-refractivity contribution in [2.75, 3.05) is 6.54 Å². The molecule has 0 aliphatic heterocycles. The quantitative estimate of drug-likeness (QED) is 0.378. The highest BCUT2D eigenvalue weighted by Gasteiger charge is 2.30. The zero-order chi connectivity index (χ0) is 19.7. The molecule has 28 heavy (non-hydrogen) atoms. The normalized spacial score (nSPS) is 15.4. The number of hydrogen-bond acceptors (Lipinski definition) is 4. The third-order valence-electron chi connectivity index (χ3n) is 5.40. The first-order chi connectivity index (χ1) is 13.6. The van der Waals surface area contributed by atoms with Crippen LogP contribution >= 0.6 is 0 Å². The van der Waals surface area contributed by atoms with Crippen molar-refractivity contribution >= 4 is 17.0 Å². The second-order valence-corrected chi connectivity index (χ2v) is 6.92. The molecular formula is C19H17N7O2. The monoisotopic (exact) mass is 375 g/mol. The predicted molar refractivity (Wildman–Crippen MR) is 102 cm³/mol. The molecule has 0 amide bonds. The first-order valence-corrected chi connectivity index (χ1v) is 9.04. The van der Waals surface area contributed by atoms with Crippen LogP contribution < -0.4 is 0 Å². The Bertz CT molecular complexity index is 1130. The zero-order valence-corrected chi connectivity index (χ0v) is 15.0. The zero-order valence-electron chi connectivity index (χ0n) is 15.0. The second kappa shape index (κ2) is 7.12. The summed E-state index contributed by atoms with van der Waals surface area (Å²) in [5.74, 6) is 0.269. The Labute approximate surface area is 161 Å². The molecule has 3 aromatic heterocycles.